The van der Waals surface area contributed by atoms with Gasteiger partial charge >= 0.3 is 0 Å². The van der Waals surface area contributed by atoms with Crippen molar-refractivity contribution >= 4 is 0 Å². The number of ether oxygens (including phenoxy) is 1. The minimum absolute atomic E-state index is 0.853. The summed E-state index contributed by atoms with van der Waals surface area (Å²) in [5, 5.41) is 7.33. The number of nitrogens with zero attached hydrogens (tertiary/aromatic N) is 1. The average molecular weight is 226 g/mol. The Morgan fingerprint density at radius 3 is 2.69 bits per heavy atom. The molecule has 0 aliphatic rings. The molecule has 1 heterocycles. The first-order chi connectivity index (χ1) is 7.75. The van der Waals surface area contributed by atoms with Crippen molar-refractivity contribution in [2.45, 2.75) is 39.7 Å². The normalized spacial score (nSPS) is 10.9. The van der Waals surface area contributed by atoms with Crippen LogP contribution in [0.5, 0.6) is 0 Å². The summed E-state index contributed by atoms with van der Waals surface area (Å²) in [5.74, 6) is 0.921. The van der Waals surface area contributed by atoms with E-state index < -0.39 is 0 Å². The third-order valence-corrected chi connectivity index (χ3v) is 2.69. The molecular weight excluding hydrogens is 204 g/mol. The molecule has 0 spiro atoms. The second kappa shape index (κ2) is 7.41. The van der Waals surface area contributed by atoms with Gasteiger partial charge in [-0.1, -0.05) is 5.16 Å². The van der Waals surface area contributed by atoms with E-state index in [1.165, 1.54) is 18.4 Å². The third-order valence-electron chi connectivity index (χ3n) is 2.69. The molecule has 1 N–H and O–H groups in total. The molecule has 0 bridgehead atoms. The fourth-order valence-corrected chi connectivity index (χ4v) is 1.64. The number of aromatic nitrogens is 1. The Morgan fingerprint density at radius 2 is 2.06 bits per heavy atom. The molecule has 0 aliphatic carbocycles. The van der Waals surface area contributed by atoms with Gasteiger partial charge in [0.05, 0.1) is 5.69 Å². The summed E-state index contributed by atoms with van der Waals surface area (Å²) in [6.45, 7) is 6.69. The number of hydrogen-bond acceptors (Lipinski definition) is 4. The zero-order valence-corrected chi connectivity index (χ0v) is 10.5. The maximum absolute atomic E-state index is 5.10. The summed E-state index contributed by atoms with van der Waals surface area (Å²) >= 11 is 0. The van der Waals surface area contributed by atoms with Gasteiger partial charge in [0.1, 0.15) is 5.76 Å². The second-order valence-corrected chi connectivity index (χ2v) is 4.03. The van der Waals surface area contributed by atoms with Gasteiger partial charge < -0.3 is 14.6 Å². The summed E-state index contributed by atoms with van der Waals surface area (Å²) in [5.41, 5.74) is 2.18. The van der Waals surface area contributed by atoms with E-state index in [4.69, 9.17) is 9.26 Å². The molecule has 1 aromatic rings. The Hall–Kier alpha value is -0.870. The van der Waals surface area contributed by atoms with Crippen molar-refractivity contribution < 1.29 is 9.26 Å². The molecule has 16 heavy (non-hydrogen) atoms. The number of rotatable bonds is 8. The monoisotopic (exact) mass is 226 g/mol. The number of aryl methyl sites for hydroxylation is 2. The average Bonchev–Trinajstić information content (AvgIpc) is 2.59. The minimum Gasteiger partial charge on any atom is -0.385 e. The van der Waals surface area contributed by atoms with Crippen molar-refractivity contribution in [2.75, 3.05) is 20.3 Å². The second-order valence-electron chi connectivity index (χ2n) is 4.03. The largest absolute Gasteiger partial charge is 0.385 e. The lowest BCUT2D eigenvalue weighted by atomic mass is 10.2. The van der Waals surface area contributed by atoms with Gasteiger partial charge in [0.2, 0.25) is 0 Å². The van der Waals surface area contributed by atoms with Crippen molar-refractivity contribution in [1.29, 1.82) is 0 Å². The molecule has 4 heteroatoms. The highest BCUT2D eigenvalue weighted by Crippen LogP contribution is 2.11. The molecule has 1 rings (SSSR count). The molecule has 92 valence electrons. The molecule has 0 amide bonds. The maximum atomic E-state index is 5.10. The van der Waals surface area contributed by atoms with Crippen molar-refractivity contribution in [3.63, 3.8) is 0 Å². The lowest BCUT2D eigenvalue weighted by Crippen LogP contribution is -2.15. The van der Waals surface area contributed by atoms with Crippen LogP contribution in [0.25, 0.3) is 0 Å². The van der Waals surface area contributed by atoms with E-state index in [9.17, 15) is 0 Å². The topological polar surface area (TPSA) is 47.3 Å². The van der Waals surface area contributed by atoms with Crippen molar-refractivity contribution in [1.82, 2.24) is 10.5 Å². The Bertz CT molecular complexity index is 278. The molecular formula is C12H22N2O2. The van der Waals surface area contributed by atoms with Crippen LogP contribution in [0.3, 0.4) is 0 Å². The number of methoxy groups -OCH3 is 1. The van der Waals surface area contributed by atoms with Crippen molar-refractivity contribution in [3.8, 4) is 0 Å². The number of nitrogens with one attached hydrogen (secondary N) is 1. The maximum Gasteiger partial charge on any atom is 0.138 e. The molecule has 0 saturated heterocycles. The van der Waals surface area contributed by atoms with Gasteiger partial charge in [-0.3, -0.25) is 0 Å². The van der Waals surface area contributed by atoms with E-state index in [-0.39, 0.29) is 0 Å². The fourth-order valence-electron chi connectivity index (χ4n) is 1.64. The standard InChI is InChI=1S/C12H22N2O2/c1-10-12(11(2)16-14-10)9-13-7-5-4-6-8-15-3/h13H,4-9H2,1-3H3. The van der Waals surface area contributed by atoms with Gasteiger partial charge in [-0.05, 0) is 39.7 Å². The van der Waals surface area contributed by atoms with Gasteiger partial charge in [0.15, 0.2) is 0 Å². The van der Waals surface area contributed by atoms with Crippen LogP contribution in [0.15, 0.2) is 4.52 Å². The van der Waals surface area contributed by atoms with E-state index in [0.29, 0.717) is 0 Å². The Balaban J connectivity index is 2.07. The first-order valence-corrected chi connectivity index (χ1v) is 5.87. The van der Waals surface area contributed by atoms with Crippen LogP contribution in [0, 0.1) is 13.8 Å². The predicted molar refractivity (Wildman–Crippen MR) is 63.4 cm³/mol. The van der Waals surface area contributed by atoms with E-state index in [1.54, 1.807) is 7.11 Å². The molecule has 0 aromatic carbocycles. The Morgan fingerprint density at radius 1 is 1.25 bits per heavy atom. The summed E-state index contributed by atoms with van der Waals surface area (Å²) in [7, 11) is 1.75. The molecule has 1 aromatic heterocycles. The van der Waals surface area contributed by atoms with Crippen LogP contribution in [0.4, 0.5) is 0 Å². The van der Waals surface area contributed by atoms with E-state index >= 15 is 0 Å². The molecule has 0 unspecified atom stereocenters. The summed E-state index contributed by atoms with van der Waals surface area (Å²) in [4.78, 5) is 0. The molecule has 0 fully saturated rings. The third kappa shape index (κ3) is 4.33. The van der Waals surface area contributed by atoms with Crippen LogP contribution in [-0.2, 0) is 11.3 Å². The van der Waals surface area contributed by atoms with Crippen molar-refractivity contribution in [3.05, 3.63) is 17.0 Å². The van der Waals surface area contributed by atoms with Crippen LogP contribution >= 0.6 is 0 Å². The van der Waals surface area contributed by atoms with Gasteiger partial charge in [-0.2, -0.15) is 0 Å². The van der Waals surface area contributed by atoms with Gasteiger partial charge in [0, 0.05) is 25.8 Å². The summed E-state index contributed by atoms with van der Waals surface area (Å²) in [6, 6.07) is 0. The summed E-state index contributed by atoms with van der Waals surface area (Å²) < 4.78 is 10.1. The van der Waals surface area contributed by atoms with Gasteiger partial charge in [-0.25, -0.2) is 0 Å². The predicted octanol–water partition coefficient (Wildman–Crippen LogP) is 2.20. The van der Waals surface area contributed by atoms with Crippen molar-refractivity contribution in [2.24, 2.45) is 0 Å². The molecule has 0 saturated carbocycles. The van der Waals surface area contributed by atoms with Crippen LogP contribution in [-0.4, -0.2) is 25.4 Å². The summed E-state index contributed by atoms with van der Waals surface area (Å²) in [6.07, 6.45) is 3.54. The van der Waals surface area contributed by atoms with Crippen LogP contribution in [0.1, 0.15) is 36.3 Å². The molecule has 0 atom stereocenters. The van der Waals surface area contributed by atoms with Crippen LogP contribution < -0.4 is 5.32 Å². The smallest absolute Gasteiger partial charge is 0.138 e. The molecule has 0 aliphatic heterocycles. The Labute approximate surface area is 97.3 Å². The lowest BCUT2D eigenvalue weighted by molar-refractivity contribution is 0.192. The van der Waals surface area contributed by atoms with E-state index in [2.05, 4.69) is 10.5 Å². The molecule has 0 radical (unpaired) electrons. The van der Waals surface area contributed by atoms with E-state index in [1.807, 2.05) is 13.8 Å². The number of hydrogen-bond donors (Lipinski definition) is 1. The lowest BCUT2D eigenvalue weighted by Gasteiger charge is -2.04. The highest BCUT2D eigenvalue weighted by atomic mass is 16.5. The zero-order valence-electron chi connectivity index (χ0n) is 10.5. The number of unbranched alkanes of at least 4 members (excludes halogenated alkanes) is 2. The van der Waals surface area contributed by atoms with Gasteiger partial charge in [0.25, 0.3) is 0 Å². The molecule has 4 nitrogen and oxygen atoms in total. The highest BCUT2D eigenvalue weighted by molar-refractivity contribution is 5.20. The Kier molecular flexibility index (Phi) is 6.11. The first kappa shape index (κ1) is 13.2. The SMILES string of the molecule is COCCCCCNCc1c(C)noc1C. The fraction of sp³-hybridized carbons (Fsp3) is 0.750. The van der Waals surface area contributed by atoms with Crippen LogP contribution in [0.2, 0.25) is 0 Å². The van der Waals surface area contributed by atoms with E-state index in [0.717, 1.165) is 37.6 Å². The zero-order chi connectivity index (χ0) is 11.8. The quantitative estimate of drug-likeness (QED) is 0.690. The van der Waals surface area contributed by atoms with Gasteiger partial charge in [-0.15, -0.1) is 0 Å². The minimum atomic E-state index is 0.853. The highest BCUT2D eigenvalue weighted by Gasteiger charge is 2.07. The first-order valence-electron chi connectivity index (χ1n) is 5.87.